The molecular weight excluding hydrogens is 1110 g/mol. The van der Waals surface area contributed by atoms with Gasteiger partial charge in [-0.05, 0) is 160 Å². The van der Waals surface area contributed by atoms with Crippen LogP contribution < -0.4 is 4.90 Å². The van der Waals surface area contributed by atoms with Crippen LogP contribution in [0.15, 0.2) is 173 Å². The van der Waals surface area contributed by atoms with Gasteiger partial charge >= 0.3 is 0 Å². The summed E-state index contributed by atoms with van der Waals surface area (Å²) in [6.07, 6.45) is 29.9. The normalized spacial score (nSPS) is 14.5. The van der Waals surface area contributed by atoms with E-state index in [1.165, 1.54) is 247 Å². The van der Waals surface area contributed by atoms with Crippen LogP contribution in [0.4, 0.5) is 17.1 Å². The highest BCUT2D eigenvalue weighted by molar-refractivity contribution is 6.22. The van der Waals surface area contributed by atoms with Gasteiger partial charge in [-0.1, -0.05) is 291 Å². The zero-order valence-electron chi connectivity index (χ0n) is 56.8. The highest BCUT2D eigenvalue weighted by Gasteiger charge is 2.54. The molecule has 3 heteroatoms. The molecule has 0 bridgehead atoms. The van der Waals surface area contributed by atoms with Crippen LogP contribution in [0.1, 0.15) is 240 Å². The van der Waals surface area contributed by atoms with Crippen molar-refractivity contribution in [3.63, 3.8) is 0 Å². The Morgan fingerprint density at radius 2 is 0.826 bits per heavy atom. The van der Waals surface area contributed by atoms with Gasteiger partial charge in [0.25, 0.3) is 0 Å². The third-order valence-electron chi connectivity index (χ3n) is 22.6. The van der Waals surface area contributed by atoms with E-state index in [2.05, 4.69) is 224 Å². The summed E-state index contributed by atoms with van der Waals surface area (Å²) in [5.74, 6) is 0. The molecular formula is C89H99NO2. The molecule has 3 aliphatic carbocycles. The number of furan rings is 2. The summed E-state index contributed by atoms with van der Waals surface area (Å²) in [4.78, 5) is 2.66. The number of benzene rings is 9. The minimum Gasteiger partial charge on any atom is -0.455 e. The summed E-state index contributed by atoms with van der Waals surface area (Å²) >= 11 is 0. The molecule has 9 aromatic carbocycles. The van der Waals surface area contributed by atoms with Gasteiger partial charge in [0, 0.05) is 66.0 Å². The van der Waals surface area contributed by atoms with Crippen molar-refractivity contribution < 1.29 is 8.83 Å². The third-order valence-corrected chi connectivity index (χ3v) is 22.6. The van der Waals surface area contributed by atoms with Crippen LogP contribution in [0.5, 0.6) is 0 Å². The number of hydrogen-bond donors (Lipinski definition) is 0. The third kappa shape index (κ3) is 10.5. The number of rotatable bonds is 28. The van der Waals surface area contributed by atoms with Crippen LogP contribution >= 0.6 is 0 Å². The van der Waals surface area contributed by atoms with E-state index in [0.717, 1.165) is 40.7 Å². The van der Waals surface area contributed by atoms with Gasteiger partial charge in [-0.2, -0.15) is 0 Å². The zero-order valence-corrected chi connectivity index (χ0v) is 56.8. The molecule has 14 rings (SSSR count). The maximum absolute atomic E-state index is 7.55. The van der Waals surface area contributed by atoms with Crippen molar-refractivity contribution in [2.75, 3.05) is 4.90 Å². The number of nitrogens with zero attached hydrogens (tertiary/aromatic N) is 1. The Hall–Kier alpha value is -7.62. The molecule has 0 fully saturated rings. The average molecular weight is 1210 g/mol. The second-order valence-electron chi connectivity index (χ2n) is 28.9. The quantitative estimate of drug-likeness (QED) is 0.0458. The number of unbranched alkanes of at least 4 members (excludes halogenated alkanes) is 16. The molecule has 2 heterocycles. The molecule has 0 aliphatic heterocycles. The van der Waals surface area contributed by atoms with Crippen LogP contribution in [-0.2, 0) is 16.2 Å². The lowest BCUT2D eigenvalue weighted by atomic mass is 9.62. The molecule has 3 nitrogen and oxygen atoms in total. The fourth-order valence-corrected chi connectivity index (χ4v) is 18.1. The second kappa shape index (κ2) is 26.1. The van der Waals surface area contributed by atoms with E-state index in [1.54, 1.807) is 16.7 Å². The number of fused-ring (bicyclic) bond motifs is 19. The Morgan fingerprint density at radius 1 is 0.359 bits per heavy atom. The molecule has 3 aliphatic rings. The molecule has 0 atom stereocenters. The van der Waals surface area contributed by atoms with Crippen molar-refractivity contribution in [2.45, 2.75) is 226 Å². The fourth-order valence-electron chi connectivity index (χ4n) is 18.1. The maximum atomic E-state index is 7.55. The molecule has 11 aromatic rings. The lowest BCUT2D eigenvalue weighted by molar-refractivity contribution is 0.369. The molecule has 2 aromatic heterocycles. The second-order valence-corrected chi connectivity index (χ2v) is 28.9. The minimum atomic E-state index is -0.315. The number of para-hydroxylation sites is 2. The lowest BCUT2D eigenvalue weighted by Crippen LogP contribution is -2.33. The van der Waals surface area contributed by atoms with Crippen LogP contribution in [0, 0.1) is 13.8 Å². The first kappa shape index (κ1) is 61.9. The summed E-state index contributed by atoms with van der Waals surface area (Å²) < 4.78 is 14.5. The molecule has 0 N–H and O–H groups in total. The first-order chi connectivity index (χ1) is 45.1. The monoisotopic (exact) mass is 1210 g/mol. The van der Waals surface area contributed by atoms with Crippen molar-refractivity contribution in [1.82, 2.24) is 0 Å². The molecule has 0 saturated carbocycles. The van der Waals surface area contributed by atoms with E-state index in [1.807, 2.05) is 0 Å². The molecule has 0 saturated heterocycles. The number of aryl methyl sites for hydroxylation is 2. The highest BCUT2D eigenvalue weighted by Crippen LogP contribution is 2.68. The molecule has 0 spiro atoms. The summed E-state index contributed by atoms with van der Waals surface area (Å²) in [6, 6.07) is 63.4. The van der Waals surface area contributed by atoms with E-state index in [9.17, 15) is 0 Å². The Labute approximate surface area is 550 Å². The average Bonchev–Trinajstić information content (AvgIpc) is 1.50. The predicted octanol–water partition coefficient (Wildman–Crippen LogP) is 27.5. The van der Waals surface area contributed by atoms with E-state index in [4.69, 9.17) is 8.83 Å². The molecule has 0 radical (unpaired) electrons. The fraction of sp³-hybridized carbons (Fsp3) is 0.393. The number of anilines is 3. The van der Waals surface area contributed by atoms with Crippen molar-refractivity contribution in [3.8, 4) is 44.5 Å². The lowest BCUT2D eigenvalue weighted by Gasteiger charge is -2.40. The van der Waals surface area contributed by atoms with Gasteiger partial charge in [-0.25, -0.2) is 0 Å². The Kier molecular flexibility index (Phi) is 17.5. The standard InChI is InChI=1S/C89H99NO2/c1-9-13-17-21-34-52-88(53-35-22-18-14-10-2)71-43-31-28-40-65(71)82-84(88)83-79(81-69-42-30-33-45-77(69)92-86(81)82)67-50-48-64(58-73(67)89(83,54-36-23-19-15-11-3)55-37-24-20-16-12-4)90(75-51-46-60(5)56-61(75)6)63-47-49-66-72(57-63)87(7,8)74-59-70(62-38-26-25-27-39-62)85-80(78(66)74)68-41-29-32-44-76(68)91-85/h25-33,38-51,56-59H,9-24,34-37,52-55H2,1-8H3. The van der Waals surface area contributed by atoms with Gasteiger partial charge in [0.2, 0.25) is 0 Å². The topological polar surface area (TPSA) is 29.5 Å². The van der Waals surface area contributed by atoms with Gasteiger partial charge in [0.15, 0.2) is 0 Å². The van der Waals surface area contributed by atoms with Crippen LogP contribution in [0.25, 0.3) is 88.4 Å². The van der Waals surface area contributed by atoms with Gasteiger partial charge < -0.3 is 13.7 Å². The Bertz CT molecular complexity index is 4460. The number of hydrogen-bond acceptors (Lipinski definition) is 3. The Balaban J connectivity index is 1.03. The SMILES string of the molecule is CCCCCCCC1(CCCCCCC)c2ccccc2-c2c1c1c(c3c2oc2ccccc23)-c2ccc(N(c3ccc4c(c3)C(C)(C)c3cc(-c5ccccc5)c5oc6ccccc6c5c3-4)c3ccc(C)cc3C)cc2C1(CCCCCCC)CCCCCCC. The van der Waals surface area contributed by atoms with Crippen LogP contribution in [-0.4, -0.2) is 0 Å². The molecule has 472 valence electrons. The van der Waals surface area contributed by atoms with Gasteiger partial charge in [-0.3, -0.25) is 0 Å². The van der Waals surface area contributed by atoms with E-state index < -0.39 is 0 Å². The highest BCUT2D eigenvalue weighted by atomic mass is 16.3. The van der Waals surface area contributed by atoms with Gasteiger partial charge in [-0.15, -0.1) is 0 Å². The molecule has 0 unspecified atom stereocenters. The van der Waals surface area contributed by atoms with E-state index in [-0.39, 0.29) is 16.2 Å². The van der Waals surface area contributed by atoms with Crippen molar-refractivity contribution in [2.24, 2.45) is 0 Å². The molecule has 92 heavy (non-hydrogen) atoms. The van der Waals surface area contributed by atoms with Crippen LogP contribution in [0.3, 0.4) is 0 Å². The first-order valence-electron chi connectivity index (χ1n) is 36.4. The summed E-state index contributed by atoms with van der Waals surface area (Å²) in [7, 11) is 0. The first-order valence-corrected chi connectivity index (χ1v) is 36.4. The summed E-state index contributed by atoms with van der Waals surface area (Å²) in [5, 5.41) is 4.97. The van der Waals surface area contributed by atoms with Crippen molar-refractivity contribution in [1.29, 1.82) is 0 Å². The minimum absolute atomic E-state index is 0.141. The van der Waals surface area contributed by atoms with Crippen molar-refractivity contribution in [3.05, 3.63) is 208 Å². The smallest absolute Gasteiger partial charge is 0.144 e. The summed E-state index contributed by atoms with van der Waals surface area (Å²) in [6.45, 7) is 19.0. The molecule has 0 amide bonds. The largest absolute Gasteiger partial charge is 0.455 e. The maximum Gasteiger partial charge on any atom is 0.144 e. The predicted molar refractivity (Wildman–Crippen MR) is 394 cm³/mol. The van der Waals surface area contributed by atoms with Crippen LogP contribution in [0.2, 0.25) is 0 Å². The Morgan fingerprint density at radius 3 is 1.40 bits per heavy atom. The van der Waals surface area contributed by atoms with Crippen molar-refractivity contribution >= 4 is 60.9 Å². The van der Waals surface area contributed by atoms with Gasteiger partial charge in [0.1, 0.15) is 22.3 Å². The zero-order chi connectivity index (χ0) is 63.1. The van der Waals surface area contributed by atoms with E-state index in [0.29, 0.717) is 0 Å². The van der Waals surface area contributed by atoms with Gasteiger partial charge in [0.05, 0.1) is 0 Å². The van der Waals surface area contributed by atoms with E-state index >= 15 is 0 Å². The summed E-state index contributed by atoms with van der Waals surface area (Å²) in [5.41, 5.74) is 29.3.